The van der Waals surface area contributed by atoms with Crippen LogP contribution in [-0.2, 0) is 6.54 Å². The molecule has 0 aromatic carbocycles. The summed E-state index contributed by atoms with van der Waals surface area (Å²) in [5, 5.41) is 3.58. The average molecular weight is 275 g/mol. The van der Waals surface area contributed by atoms with Crippen LogP contribution in [0.1, 0.15) is 53.0 Å². The Hall–Kier alpha value is -1.09. The van der Waals surface area contributed by atoms with Crippen LogP contribution in [0.5, 0.6) is 0 Å². The van der Waals surface area contributed by atoms with Gasteiger partial charge in [-0.2, -0.15) is 0 Å². The van der Waals surface area contributed by atoms with E-state index < -0.39 is 0 Å². The Balaban J connectivity index is 2.18. The summed E-state index contributed by atoms with van der Waals surface area (Å²) in [6, 6.07) is 2.80. The number of rotatable bonds is 3. The van der Waals surface area contributed by atoms with Crippen molar-refractivity contribution in [2.24, 2.45) is 5.92 Å². The van der Waals surface area contributed by atoms with E-state index in [1.165, 1.54) is 24.1 Å². The van der Waals surface area contributed by atoms with E-state index in [-0.39, 0.29) is 5.54 Å². The quantitative estimate of drug-likeness (QED) is 0.913. The number of pyridine rings is 1. The lowest BCUT2D eigenvalue weighted by molar-refractivity contribution is 0.387. The predicted molar refractivity (Wildman–Crippen MR) is 86.0 cm³/mol. The molecule has 20 heavy (non-hydrogen) atoms. The minimum Gasteiger partial charge on any atom is -0.368 e. The summed E-state index contributed by atoms with van der Waals surface area (Å²) in [7, 11) is 0. The molecule has 1 aliphatic rings. The Labute approximate surface area is 123 Å². The molecule has 112 valence electrons. The highest BCUT2D eigenvalue weighted by Gasteiger charge is 2.24. The summed E-state index contributed by atoms with van der Waals surface area (Å²) >= 11 is 0. The monoisotopic (exact) mass is 275 g/mol. The summed E-state index contributed by atoms with van der Waals surface area (Å²) < 4.78 is 0. The van der Waals surface area contributed by atoms with Crippen LogP contribution in [-0.4, -0.2) is 23.1 Å². The van der Waals surface area contributed by atoms with Crippen LogP contribution >= 0.6 is 0 Å². The van der Waals surface area contributed by atoms with Gasteiger partial charge in [0.05, 0.1) is 0 Å². The van der Waals surface area contributed by atoms with Crippen LogP contribution in [0, 0.1) is 5.92 Å². The highest BCUT2D eigenvalue weighted by Crippen LogP contribution is 2.29. The molecule has 0 spiro atoms. The Morgan fingerprint density at radius 1 is 1.30 bits per heavy atom. The summed E-state index contributed by atoms with van der Waals surface area (Å²) in [6.07, 6.45) is 6.57. The van der Waals surface area contributed by atoms with Gasteiger partial charge in [0.1, 0.15) is 0 Å². The van der Waals surface area contributed by atoms with Crippen LogP contribution in [0.25, 0.3) is 0 Å². The molecule has 2 atom stereocenters. The highest BCUT2D eigenvalue weighted by molar-refractivity contribution is 5.53. The fourth-order valence-corrected chi connectivity index (χ4v) is 2.82. The van der Waals surface area contributed by atoms with Gasteiger partial charge in [-0.1, -0.05) is 6.92 Å². The molecule has 0 radical (unpaired) electrons. The zero-order valence-corrected chi connectivity index (χ0v) is 13.6. The van der Waals surface area contributed by atoms with Crippen molar-refractivity contribution in [1.29, 1.82) is 0 Å². The average Bonchev–Trinajstić information content (AvgIpc) is 2.39. The topological polar surface area (TPSA) is 28.2 Å². The maximum atomic E-state index is 4.32. The van der Waals surface area contributed by atoms with E-state index in [1.54, 1.807) is 0 Å². The van der Waals surface area contributed by atoms with Crippen molar-refractivity contribution in [3.8, 4) is 0 Å². The van der Waals surface area contributed by atoms with E-state index in [4.69, 9.17) is 0 Å². The van der Waals surface area contributed by atoms with Crippen molar-refractivity contribution in [1.82, 2.24) is 10.3 Å². The molecule has 2 heterocycles. The number of hydrogen-bond donors (Lipinski definition) is 1. The van der Waals surface area contributed by atoms with Crippen LogP contribution in [0.2, 0.25) is 0 Å². The van der Waals surface area contributed by atoms with Gasteiger partial charge in [0, 0.05) is 48.3 Å². The van der Waals surface area contributed by atoms with Crippen LogP contribution in [0.15, 0.2) is 18.5 Å². The predicted octanol–water partition coefficient (Wildman–Crippen LogP) is 3.59. The van der Waals surface area contributed by atoms with E-state index in [0.29, 0.717) is 6.04 Å². The smallest absolute Gasteiger partial charge is 0.0445 e. The standard InChI is InChI=1S/C17H29N3/c1-13-6-7-14(2)20(12-13)16-8-9-18-10-15(16)11-19-17(3,4)5/h8-10,13-14,19H,6-7,11-12H2,1-5H3. The molecule has 1 aromatic rings. The molecule has 2 unspecified atom stereocenters. The second-order valence-corrected chi connectivity index (χ2v) is 7.29. The Bertz CT molecular complexity index is 436. The second-order valence-electron chi connectivity index (χ2n) is 7.29. The molecule has 1 N–H and O–H groups in total. The zero-order valence-electron chi connectivity index (χ0n) is 13.6. The summed E-state index contributed by atoms with van der Waals surface area (Å²) in [6.45, 7) is 13.3. The molecule has 0 bridgehead atoms. The Morgan fingerprint density at radius 2 is 2.05 bits per heavy atom. The number of aromatic nitrogens is 1. The summed E-state index contributed by atoms with van der Waals surface area (Å²) in [4.78, 5) is 6.88. The molecule has 1 aromatic heterocycles. The van der Waals surface area contributed by atoms with Crippen molar-refractivity contribution < 1.29 is 0 Å². The van der Waals surface area contributed by atoms with Gasteiger partial charge >= 0.3 is 0 Å². The van der Waals surface area contributed by atoms with E-state index in [0.717, 1.165) is 19.0 Å². The van der Waals surface area contributed by atoms with E-state index in [1.807, 2.05) is 12.4 Å². The number of anilines is 1. The number of nitrogens with one attached hydrogen (secondary N) is 1. The number of piperidine rings is 1. The third kappa shape index (κ3) is 3.95. The molecule has 3 nitrogen and oxygen atoms in total. The molecular formula is C17H29N3. The third-order valence-electron chi connectivity index (χ3n) is 4.11. The minimum absolute atomic E-state index is 0.133. The molecule has 1 fully saturated rings. The van der Waals surface area contributed by atoms with Gasteiger partial charge in [-0.05, 0) is 52.5 Å². The molecule has 1 aliphatic heterocycles. The maximum Gasteiger partial charge on any atom is 0.0445 e. The van der Waals surface area contributed by atoms with Gasteiger partial charge in [0.15, 0.2) is 0 Å². The van der Waals surface area contributed by atoms with Crippen molar-refractivity contribution in [2.75, 3.05) is 11.4 Å². The van der Waals surface area contributed by atoms with Gasteiger partial charge < -0.3 is 10.2 Å². The van der Waals surface area contributed by atoms with Crippen LogP contribution in [0.4, 0.5) is 5.69 Å². The fourth-order valence-electron chi connectivity index (χ4n) is 2.82. The zero-order chi connectivity index (χ0) is 14.8. The first kappa shape index (κ1) is 15.3. The van der Waals surface area contributed by atoms with Crippen LogP contribution < -0.4 is 10.2 Å². The molecule has 0 aliphatic carbocycles. The largest absolute Gasteiger partial charge is 0.368 e. The van der Waals surface area contributed by atoms with Gasteiger partial charge in [-0.15, -0.1) is 0 Å². The van der Waals surface area contributed by atoms with Crippen LogP contribution in [0.3, 0.4) is 0 Å². The third-order valence-corrected chi connectivity index (χ3v) is 4.11. The fraction of sp³-hybridized carbons (Fsp3) is 0.706. The molecule has 2 rings (SSSR count). The molecular weight excluding hydrogens is 246 g/mol. The lowest BCUT2D eigenvalue weighted by Crippen LogP contribution is -2.42. The van der Waals surface area contributed by atoms with Gasteiger partial charge in [0.25, 0.3) is 0 Å². The number of nitrogens with zero attached hydrogens (tertiary/aromatic N) is 2. The van der Waals surface area contributed by atoms with Crippen molar-refractivity contribution in [3.63, 3.8) is 0 Å². The van der Waals surface area contributed by atoms with E-state index >= 15 is 0 Å². The number of hydrogen-bond acceptors (Lipinski definition) is 3. The van der Waals surface area contributed by atoms with E-state index in [9.17, 15) is 0 Å². The second kappa shape index (κ2) is 6.13. The van der Waals surface area contributed by atoms with Gasteiger partial charge in [-0.3, -0.25) is 4.98 Å². The summed E-state index contributed by atoms with van der Waals surface area (Å²) in [5.41, 5.74) is 2.80. The van der Waals surface area contributed by atoms with Crippen molar-refractivity contribution in [2.45, 2.75) is 65.6 Å². The van der Waals surface area contributed by atoms with E-state index in [2.05, 4.69) is 55.9 Å². The normalized spacial score (nSPS) is 23.9. The van der Waals surface area contributed by atoms with Gasteiger partial charge in [0.2, 0.25) is 0 Å². The first-order chi connectivity index (χ1) is 9.37. The van der Waals surface area contributed by atoms with Crippen molar-refractivity contribution in [3.05, 3.63) is 24.0 Å². The first-order valence-corrected chi connectivity index (χ1v) is 7.81. The lowest BCUT2D eigenvalue weighted by atomic mass is 9.94. The SMILES string of the molecule is CC1CCC(C)N(c2ccncc2CNC(C)(C)C)C1. The Kier molecular flexibility index (Phi) is 4.69. The molecule has 0 saturated carbocycles. The lowest BCUT2D eigenvalue weighted by Gasteiger charge is -2.39. The summed E-state index contributed by atoms with van der Waals surface area (Å²) in [5.74, 6) is 0.780. The molecule has 1 saturated heterocycles. The first-order valence-electron chi connectivity index (χ1n) is 7.81. The minimum atomic E-state index is 0.133. The molecule has 0 amide bonds. The maximum absolute atomic E-state index is 4.32. The Morgan fingerprint density at radius 3 is 2.75 bits per heavy atom. The molecule has 3 heteroatoms. The highest BCUT2D eigenvalue weighted by atomic mass is 15.2. The van der Waals surface area contributed by atoms with Gasteiger partial charge in [-0.25, -0.2) is 0 Å². The van der Waals surface area contributed by atoms with Crippen molar-refractivity contribution >= 4 is 5.69 Å².